The zero-order chi connectivity index (χ0) is 15.4. The molecule has 1 fully saturated rings. The molecule has 0 radical (unpaired) electrons. The summed E-state index contributed by atoms with van der Waals surface area (Å²) < 4.78 is 10.1. The third kappa shape index (κ3) is 3.46. The van der Waals surface area contributed by atoms with E-state index in [2.05, 4.69) is 4.74 Å². The van der Waals surface area contributed by atoms with Crippen LogP contribution in [0.4, 0.5) is 4.79 Å². The van der Waals surface area contributed by atoms with Crippen molar-refractivity contribution in [1.82, 2.24) is 4.90 Å². The molecule has 21 heavy (non-hydrogen) atoms. The van der Waals surface area contributed by atoms with Crippen molar-refractivity contribution < 1.29 is 24.2 Å². The fourth-order valence-corrected chi connectivity index (χ4v) is 2.61. The summed E-state index contributed by atoms with van der Waals surface area (Å²) in [6.45, 7) is 1.14. The molecule has 2 rings (SSSR count). The van der Waals surface area contributed by atoms with Gasteiger partial charge in [-0.15, -0.1) is 0 Å². The second-order valence-electron chi connectivity index (χ2n) is 4.65. The van der Waals surface area contributed by atoms with Crippen LogP contribution < -0.4 is 0 Å². The number of carboxylic acid groups (broad SMARTS) is 1. The molecule has 1 saturated heterocycles. The van der Waals surface area contributed by atoms with Crippen LogP contribution in [0.25, 0.3) is 0 Å². The lowest BCUT2D eigenvalue weighted by Crippen LogP contribution is -2.35. The first kappa shape index (κ1) is 15.6. The van der Waals surface area contributed by atoms with E-state index in [0.717, 1.165) is 0 Å². The van der Waals surface area contributed by atoms with Gasteiger partial charge in [0.2, 0.25) is 0 Å². The van der Waals surface area contributed by atoms with Crippen molar-refractivity contribution in [2.24, 2.45) is 0 Å². The molecule has 1 unspecified atom stereocenters. The number of nitrogens with zero attached hydrogens (tertiary/aromatic N) is 1. The monoisotopic (exact) mass is 313 g/mol. The molecule has 0 spiro atoms. The summed E-state index contributed by atoms with van der Waals surface area (Å²) in [5.41, 5.74) is 0.941. The lowest BCUT2D eigenvalue weighted by Gasteiger charge is -2.27. The van der Waals surface area contributed by atoms with Crippen molar-refractivity contribution in [3.05, 3.63) is 34.3 Å². The summed E-state index contributed by atoms with van der Waals surface area (Å²) in [5.74, 6) is -0.490. The molecule has 0 aromatic heterocycles. The van der Waals surface area contributed by atoms with Gasteiger partial charge in [0.05, 0.1) is 25.3 Å². The number of hydrogen-bond acceptors (Lipinski definition) is 4. The van der Waals surface area contributed by atoms with Gasteiger partial charge in [-0.3, -0.25) is 4.90 Å². The van der Waals surface area contributed by atoms with E-state index >= 15 is 0 Å². The Morgan fingerprint density at radius 2 is 2.24 bits per heavy atom. The van der Waals surface area contributed by atoms with Crippen LogP contribution in [0.1, 0.15) is 28.4 Å². The maximum Gasteiger partial charge on any atom is 0.407 e. The quantitative estimate of drug-likeness (QED) is 0.849. The molecule has 1 atom stereocenters. The smallest absolute Gasteiger partial charge is 0.407 e. The zero-order valence-electron chi connectivity index (χ0n) is 11.5. The topological polar surface area (TPSA) is 76.1 Å². The Kier molecular flexibility index (Phi) is 5.03. The number of halogens is 1. The Morgan fingerprint density at radius 3 is 2.86 bits per heavy atom. The second-order valence-corrected chi connectivity index (χ2v) is 5.06. The van der Waals surface area contributed by atoms with Crippen LogP contribution in [-0.2, 0) is 9.47 Å². The molecule has 1 heterocycles. The fraction of sp³-hybridized carbons (Fsp3) is 0.429. The highest BCUT2D eigenvalue weighted by Crippen LogP contribution is 2.30. The van der Waals surface area contributed by atoms with Gasteiger partial charge >= 0.3 is 12.1 Å². The van der Waals surface area contributed by atoms with Crippen LogP contribution in [0.15, 0.2) is 18.2 Å². The minimum absolute atomic E-state index is 0.240. The Balaban J connectivity index is 2.34. The summed E-state index contributed by atoms with van der Waals surface area (Å²) in [4.78, 5) is 24.2. The molecule has 1 aliphatic heterocycles. The maximum atomic E-state index is 11.5. The third-order valence-electron chi connectivity index (χ3n) is 3.37. The predicted molar refractivity (Wildman–Crippen MR) is 75.7 cm³/mol. The molecule has 1 amide bonds. The summed E-state index contributed by atoms with van der Waals surface area (Å²) in [6, 6.07) is 4.21. The van der Waals surface area contributed by atoms with Crippen molar-refractivity contribution >= 4 is 23.7 Å². The van der Waals surface area contributed by atoms with Crippen LogP contribution in [0, 0.1) is 0 Å². The van der Waals surface area contributed by atoms with Gasteiger partial charge in [0, 0.05) is 18.2 Å². The number of hydrogen-bond donors (Lipinski definition) is 1. The Bertz CT molecular complexity index is 548. The molecule has 7 heteroatoms. The molecular weight excluding hydrogens is 298 g/mol. The van der Waals surface area contributed by atoms with E-state index in [1.165, 1.54) is 18.1 Å². The maximum absolute atomic E-state index is 11.5. The minimum atomic E-state index is -1.02. The van der Waals surface area contributed by atoms with E-state index in [-0.39, 0.29) is 6.61 Å². The first-order valence-electron chi connectivity index (χ1n) is 6.49. The van der Waals surface area contributed by atoms with E-state index < -0.39 is 18.1 Å². The number of carbonyl (C=O) groups excluding carboxylic acids is 1. The number of rotatable bonds is 2. The van der Waals surface area contributed by atoms with Crippen molar-refractivity contribution in [1.29, 1.82) is 0 Å². The van der Waals surface area contributed by atoms with E-state index in [0.29, 0.717) is 35.7 Å². The molecule has 114 valence electrons. The number of ether oxygens (including phenoxy) is 2. The van der Waals surface area contributed by atoms with Gasteiger partial charge in [-0.1, -0.05) is 17.7 Å². The number of carbonyl (C=O) groups is 2. The summed E-state index contributed by atoms with van der Waals surface area (Å²) in [6.07, 6.45) is -0.376. The zero-order valence-corrected chi connectivity index (χ0v) is 12.3. The Morgan fingerprint density at radius 1 is 1.48 bits per heavy atom. The molecule has 0 bridgehead atoms. The normalized spacial score (nSPS) is 19.0. The molecule has 0 saturated carbocycles. The number of methoxy groups -OCH3 is 1. The van der Waals surface area contributed by atoms with E-state index in [1.54, 1.807) is 12.1 Å². The number of esters is 1. The first-order chi connectivity index (χ1) is 10.0. The predicted octanol–water partition coefficient (Wildman–Crippen LogP) is 2.57. The van der Waals surface area contributed by atoms with Crippen molar-refractivity contribution in [2.75, 3.05) is 26.9 Å². The molecule has 1 N–H and O–H groups in total. The molecule has 1 aromatic rings. The fourth-order valence-electron chi connectivity index (χ4n) is 2.31. The largest absolute Gasteiger partial charge is 0.465 e. The molecule has 1 aromatic carbocycles. The van der Waals surface area contributed by atoms with Crippen LogP contribution in [0.2, 0.25) is 5.02 Å². The van der Waals surface area contributed by atoms with Gasteiger partial charge in [0.1, 0.15) is 0 Å². The van der Waals surface area contributed by atoms with E-state index in [9.17, 15) is 14.7 Å². The second kappa shape index (κ2) is 6.78. The van der Waals surface area contributed by atoms with Crippen LogP contribution >= 0.6 is 11.6 Å². The average Bonchev–Trinajstić information content (AvgIpc) is 2.72. The SMILES string of the molecule is COC(=O)c1ccc(C2COCCCN2C(=O)O)c(Cl)c1. The molecular formula is C14H16ClNO5. The van der Waals surface area contributed by atoms with Crippen LogP contribution in [0.5, 0.6) is 0 Å². The molecule has 6 nitrogen and oxygen atoms in total. The summed E-state index contributed by atoms with van der Waals surface area (Å²) in [7, 11) is 1.29. The van der Waals surface area contributed by atoms with Crippen LogP contribution in [0.3, 0.4) is 0 Å². The lowest BCUT2D eigenvalue weighted by atomic mass is 10.0. The highest BCUT2D eigenvalue weighted by molar-refractivity contribution is 6.31. The highest BCUT2D eigenvalue weighted by Gasteiger charge is 2.28. The Hall–Kier alpha value is -1.79. The van der Waals surface area contributed by atoms with Gasteiger partial charge in [-0.25, -0.2) is 9.59 Å². The van der Waals surface area contributed by atoms with E-state index in [1.807, 2.05) is 0 Å². The first-order valence-corrected chi connectivity index (χ1v) is 6.87. The van der Waals surface area contributed by atoms with Crippen LogP contribution in [-0.4, -0.2) is 48.9 Å². The van der Waals surface area contributed by atoms with Gasteiger partial charge in [0.25, 0.3) is 0 Å². The van der Waals surface area contributed by atoms with Crippen molar-refractivity contribution in [3.63, 3.8) is 0 Å². The van der Waals surface area contributed by atoms with E-state index in [4.69, 9.17) is 16.3 Å². The van der Waals surface area contributed by atoms with Gasteiger partial charge in [0.15, 0.2) is 0 Å². The summed E-state index contributed by atoms with van der Waals surface area (Å²) >= 11 is 6.20. The minimum Gasteiger partial charge on any atom is -0.465 e. The third-order valence-corrected chi connectivity index (χ3v) is 3.69. The van der Waals surface area contributed by atoms with Gasteiger partial charge in [-0.05, 0) is 24.1 Å². The Labute approximate surface area is 127 Å². The summed E-state index contributed by atoms with van der Waals surface area (Å²) in [5, 5.41) is 9.64. The standard InChI is InChI=1S/C14H16ClNO5/c1-20-13(17)9-3-4-10(11(15)7-9)12-8-21-6-2-5-16(12)14(18)19/h3-4,7,12H,2,5-6,8H2,1H3,(H,18,19). The van der Waals surface area contributed by atoms with Gasteiger partial charge in [-0.2, -0.15) is 0 Å². The van der Waals surface area contributed by atoms with Crippen molar-refractivity contribution in [2.45, 2.75) is 12.5 Å². The highest BCUT2D eigenvalue weighted by atomic mass is 35.5. The average molecular weight is 314 g/mol. The lowest BCUT2D eigenvalue weighted by molar-refractivity contribution is 0.0600. The number of benzene rings is 1. The molecule has 1 aliphatic rings. The van der Waals surface area contributed by atoms with Crippen molar-refractivity contribution in [3.8, 4) is 0 Å². The number of amides is 1. The molecule has 0 aliphatic carbocycles. The van der Waals surface area contributed by atoms with Gasteiger partial charge < -0.3 is 14.6 Å².